The van der Waals surface area contributed by atoms with Gasteiger partial charge in [-0.1, -0.05) is 279 Å². The van der Waals surface area contributed by atoms with E-state index in [1.165, 1.54) is 104 Å². The third kappa shape index (κ3) is 24.2. The van der Waals surface area contributed by atoms with Gasteiger partial charge in [0.2, 0.25) is 0 Å². The van der Waals surface area contributed by atoms with Crippen molar-refractivity contribution in [2.45, 2.75) is 204 Å². The molecule has 0 fully saturated rings. The van der Waals surface area contributed by atoms with Crippen molar-refractivity contribution < 1.29 is 0 Å². The molecular formula is C124H138ClN21. The van der Waals surface area contributed by atoms with Gasteiger partial charge in [-0.05, 0) is 188 Å². The Bertz CT molecular complexity index is 8030. The zero-order valence-electron chi connectivity index (χ0n) is 90.5. The van der Waals surface area contributed by atoms with Gasteiger partial charge in [-0.15, -0.1) is 0 Å². The second-order valence-corrected chi connectivity index (χ2v) is 45.8. The predicted molar refractivity (Wildman–Crippen MR) is 605 cm³/mol. The Morgan fingerprint density at radius 2 is 0.596 bits per heavy atom. The van der Waals surface area contributed by atoms with E-state index in [0.29, 0.717) is 11.3 Å². The molecule has 13 heterocycles. The number of nitriles is 1. The van der Waals surface area contributed by atoms with Gasteiger partial charge in [-0.2, -0.15) is 41.0 Å². The monoisotopic (exact) mass is 1960 g/mol. The van der Waals surface area contributed by atoms with Gasteiger partial charge in [0.25, 0.3) is 0 Å². The average Bonchev–Trinajstić information content (AvgIpc) is 1.07. The Balaban J connectivity index is 0.000000128. The third-order valence-electron chi connectivity index (χ3n) is 26.4. The number of aromatic nitrogens is 20. The lowest BCUT2D eigenvalue weighted by atomic mass is 9.82. The van der Waals surface area contributed by atoms with E-state index in [-0.39, 0.29) is 37.9 Å². The highest BCUT2D eigenvalue weighted by molar-refractivity contribution is 6.31. The highest BCUT2D eigenvalue weighted by Crippen LogP contribution is 2.42. The van der Waals surface area contributed by atoms with Crippen LogP contribution in [0.25, 0.3) is 154 Å². The molecule has 0 N–H and O–H groups in total. The molecule has 0 atom stereocenters. The maximum atomic E-state index is 9.66. The van der Waals surface area contributed by atoms with E-state index in [9.17, 15) is 5.26 Å². The van der Waals surface area contributed by atoms with Crippen LogP contribution in [0.3, 0.4) is 0 Å². The van der Waals surface area contributed by atoms with E-state index in [1.54, 1.807) is 24.9 Å². The highest BCUT2D eigenvalue weighted by Gasteiger charge is 2.27. The van der Waals surface area contributed by atoms with Gasteiger partial charge in [0.15, 0.2) is 0 Å². The molecule has 21 nitrogen and oxygen atoms in total. The number of aryl methyl sites for hydroxylation is 9. The Morgan fingerprint density at radius 3 is 1.02 bits per heavy atom. The van der Waals surface area contributed by atoms with Crippen molar-refractivity contribution in [1.82, 2.24) is 98.4 Å². The molecule has 0 saturated carbocycles. The van der Waals surface area contributed by atoms with Crippen molar-refractivity contribution in [3.63, 3.8) is 0 Å². The van der Waals surface area contributed by atoms with Crippen LogP contribution in [0.15, 0.2) is 282 Å². The Kier molecular flexibility index (Phi) is 30.4. The first-order valence-corrected chi connectivity index (χ1v) is 50.2. The number of rotatable bonds is 8. The molecule has 0 spiro atoms. The second-order valence-electron chi connectivity index (χ2n) is 45.4. The lowest BCUT2D eigenvalue weighted by Crippen LogP contribution is -2.12. The van der Waals surface area contributed by atoms with Crippen molar-refractivity contribution in [2.24, 2.45) is 49.3 Å². The summed E-state index contributed by atoms with van der Waals surface area (Å²) in [6, 6.07) is 60.3. The van der Waals surface area contributed by atoms with Gasteiger partial charge >= 0.3 is 0 Å². The molecule has 146 heavy (non-hydrogen) atoms. The van der Waals surface area contributed by atoms with Gasteiger partial charge < -0.3 is 0 Å². The minimum Gasteiger partial charge on any atom is -0.275 e. The van der Waals surface area contributed by atoms with Gasteiger partial charge in [0.1, 0.15) is 6.07 Å². The molecular weight excluding hydrogens is 1820 g/mol. The van der Waals surface area contributed by atoms with Crippen molar-refractivity contribution in [3.8, 4) is 84.7 Å². The molecule has 0 aliphatic rings. The number of pyridine rings is 6. The summed E-state index contributed by atoms with van der Waals surface area (Å²) in [5.74, 6) is 0. The minimum absolute atomic E-state index is 0.00371. The topological polar surface area (TPSA) is 226 Å². The molecule has 21 aromatic rings. The first-order chi connectivity index (χ1) is 68.9. The third-order valence-corrected chi connectivity index (χ3v) is 26.6. The zero-order valence-corrected chi connectivity index (χ0v) is 91.3. The molecule has 0 aliphatic heterocycles. The molecule has 22 heteroatoms. The maximum Gasteiger partial charge on any atom is 0.102 e. The van der Waals surface area contributed by atoms with Crippen molar-refractivity contribution >= 4 is 87.1 Å². The first-order valence-electron chi connectivity index (χ1n) is 49.9. The van der Waals surface area contributed by atoms with E-state index in [2.05, 4.69) is 367 Å². The normalized spacial score (nSPS) is 12.0. The number of nitrogens with zero attached hydrogens (tertiary/aromatic N) is 21. The maximum absolute atomic E-state index is 9.66. The molecule has 0 bridgehead atoms. The van der Waals surface area contributed by atoms with Crippen LogP contribution in [0.5, 0.6) is 0 Å². The van der Waals surface area contributed by atoms with Crippen LogP contribution in [-0.2, 0) is 93.7 Å². The van der Waals surface area contributed by atoms with Crippen molar-refractivity contribution in [3.05, 3.63) is 342 Å². The van der Waals surface area contributed by atoms with E-state index < -0.39 is 0 Å². The van der Waals surface area contributed by atoms with Crippen LogP contribution >= 0.6 is 11.6 Å². The molecule has 0 unspecified atom stereocenters. The van der Waals surface area contributed by atoms with Crippen LogP contribution in [0.1, 0.15) is 208 Å². The summed E-state index contributed by atoms with van der Waals surface area (Å²) in [6.07, 6.45) is 37.6. The first kappa shape index (κ1) is 105. The quantitative estimate of drug-likeness (QED) is 0.138. The van der Waals surface area contributed by atoms with Crippen LogP contribution in [0, 0.1) is 18.3 Å². The zero-order chi connectivity index (χ0) is 105. The van der Waals surface area contributed by atoms with E-state index in [1.807, 2.05) is 193 Å². The summed E-state index contributed by atoms with van der Waals surface area (Å²) in [4.78, 5) is 27.9. The molecule has 0 amide bonds. The molecule has 8 aromatic carbocycles. The van der Waals surface area contributed by atoms with Crippen LogP contribution in [-0.4, -0.2) is 98.4 Å². The summed E-state index contributed by atoms with van der Waals surface area (Å²) < 4.78 is 12.6. The second kappa shape index (κ2) is 42.2. The average molecular weight is 1960 g/mol. The number of benzene rings is 8. The van der Waals surface area contributed by atoms with Crippen LogP contribution < -0.4 is 0 Å². The van der Waals surface area contributed by atoms with E-state index >= 15 is 0 Å². The number of hydrogen-bond acceptors (Lipinski definition) is 14. The van der Waals surface area contributed by atoms with E-state index in [4.69, 9.17) is 21.6 Å². The van der Waals surface area contributed by atoms with Gasteiger partial charge in [-0.3, -0.25) is 57.7 Å². The summed E-state index contributed by atoms with van der Waals surface area (Å²) in [7, 11) is 13.4. The number of hydrogen-bond donors (Lipinski definition) is 0. The van der Waals surface area contributed by atoms with Crippen molar-refractivity contribution in [1.29, 1.82) is 5.26 Å². The lowest BCUT2D eigenvalue weighted by molar-refractivity contribution is 0.595. The Labute approximate surface area is 864 Å². The van der Waals surface area contributed by atoms with E-state index in [0.717, 1.165) is 106 Å². The smallest absolute Gasteiger partial charge is 0.102 e. The number of fused-ring (bicyclic) bond motifs is 7. The summed E-state index contributed by atoms with van der Waals surface area (Å²) in [5, 5.41) is 55.5. The Hall–Kier alpha value is -15.3. The minimum atomic E-state index is 0.00371. The van der Waals surface area contributed by atoms with Crippen LogP contribution in [0.4, 0.5) is 0 Å². The molecule has 0 aliphatic carbocycles. The summed E-state index contributed by atoms with van der Waals surface area (Å²) >= 11 is 6.30. The largest absolute Gasteiger partial charge is 0.275 e. The fourth-order valence-electron chi connectivity index (χ4n) is 18.8. The molecule has 21 rings (SSSR count). The van der Waals surface area contributed by atoms with Gasteiger partial charge in [-0.25, -0.2) is 4.98 Å². The SMILES string of the molecule is CCc1cc(C(C)(C)C)c2cnc(-c3cnn(C)c3)cc2c1.Cc1c(-c2cnn(C)c2)ncc2c(C(C)(C)C)cccc12.Cn1cc(-c2cc3cc(Cl)cc(C(C)(C)C)c3cn2)cn1.Cn1cc(-c2cc3cccc(C(C)(C)C)c3cn2)cn1.Cn1cc(-c2ccc3c(C(C)(C)C)cccc3c2)cn1.Cn1cc(-c2ccc3c(C(C)(C)C)cccc3n2)cn1.Cn1cc(-c2ncc3c(C(C)(C)C)cccc3c2C#N)cn1. The molecule has 0 radical (unpaired) electrons. The standard InChI is InChI=1S/C19H23N3.C18H18N4.C18H21N3.C18H20N2.C17H18ClN3.2C17H19N3/c1-6-13-7-14-9-18(15-10-21-22(5)12-15)20-11-16(14)17(8-13)19(2,3)4;1-18(2,3)16-7-5-6-13-14(8-19)17(20-10-15(13)16)12-9-21-22(4)11-12;1-12-14-7-6-8-16(18(2,3)4)15(14)10-19-17(12)13-9-20-21(5)11-13;1-18(2,3)17-7-5-6-14-10-13(8-9-16(14)17)15-11-19-20(4)12-15;1-17(2,3)15-7-13(18)5-11-6-16(19-9-14(11)15)12-8-20-21(4)10-12;1-17(2,3)15-7-5-6-12-8-16(18-10-14(12)15)13-9-19-20(4)11-13;1-17(2,3)14-6-5-7-16-13(14)8-9-15(19-16)12-10-18-20(4)11-12/h7-12H,6H2,1-5H3;5-7,9-11H,1-4H3;6-11H,1-5H3;5-12H,1-4H3;5-10H,1-4H3;2*5-11H,1-4H3. The fraction of sp³-hybridized carbons (Fsp3) is 0.306. The fourth-order valence-corrected chi connectivity index (χ4v) is 19.0. The van der Waals surface area contributed by atoms with Crippen LogP contribution in [0.2, 0.25) is 5.02 Å². The summed E-state index contributed by atoms with van der Waals surface area (Å²) in [5.41, 5.74) is 28.1. The van der Waals surface area contributed by atoms with Crippen molar-refractivity contribution in [2.75, 3.05) is 0 Å². The summed E-state index contributed by atoms with van der Waals surface area (Å²) in [6.45, 7) is 51.1. The molecule has 0 saturated heterocycles. The lowest BCUT2D eigenvalue weighted by Gasteiger charge is -2.22. The molecule has 746 valence electrons. The van der Waals surface area contributed by atoms with Gasteiger partial charge in [0, 0.05) is 205 Å². The molecule has 13 aromatic heterocycles. The number of halogens is 1. The van der Waals surface area contributed by atoms with Gasteiger partial charge in [0.05, 0.1) is 88.6 Å². The Morgan fingerprint density at radius 1 is 0.267 bits per heavy atom. The predicted octanol–water partition coefficient (Wildman–Crippen LogP) is 29.5. The highest BCUT2D eigenvalue weighted by atomic mass is 35.5.